The number of hydrogen-bond acceptors (Lipinski definition) is 7. The van der Waals surface area contributed by atoms with Gasteiger partial charge in [-0.3, -0.25) is 9.59 Å². The van der Waals surface area contributed by atoms with Gasteiger partial charge in [0, 0.05) is 13.0 Å². The average Bonchev–Trinajstić information content (AvgIpc) is 3.17. The van der Waals surface area contributed by atoms with Crippen LogP contribution in [-0.4, -0.2) is 39.9 Å². The number of nitrogens with zero attached hydrogens (tertiary/aromatic N) is 3. The number of ether oxygens (including phenoxy) is 2. The molecule has 3 rings (SSSR count). The summed E-state index contributed by atoms with van der Waals surface area (Å²) in [6.07, 6.45) is 1.06. The average molecular weight is 413 g/mol. The van der Waals surface area contributed by atoms with E-state index in [1.807, 2.05) is 34.9 Å². The van der Waals surface area contributed by atoms with Gasteiger partial charge in [-0.1, -0.05) is 36.9 Å². The molecule has 0 saturated carbocycles. The highest BCUT2D eigenvalue weighted by molar-refractivity contribution is 5.91. The smallest absolute Gasteiger partial charge is 0.309 e. The zero-order chi connectivity index (χ0) is 21.5. The lowest BCUT2D eigenvalue weighted by molar-refractivity contribution is -0.148. The molecular formula is C21H27N5O4. The molecule has 0 radical (unpaired) electrons. The summed E-state index contributed by atoms with van der Waals surface area (Å²) in [7, 11) is 0. The molecule has 0 fully saturated rings. The molecule has 2 heterocycles. The fraction of sp³-hybridized carbons (Fsp3) is 0.429. The van der Waals surface area contributed by atoms with Gasteiger partial charge in [-0.15, -0.1) is 10.2 Å². The molecule has 9 heteroatoms. The molecule has 1 unspecified atom stereocenters. The van der Waals surface area contributed by atoms with Crippen molar-refractivity contribution in [2.45, 2.75) is 39.0 Å². The number of esters is 1. The van der Waals surface area contributed by atoms with E-state index in [2.05, 4.69) is 22.1 Å². The van der Waals surface area contributed by atoms with Gasteiger partial charge in [-0.25, -0.2) is 0 Å². The van der Waals surface area contributed by atoms with E-state index in [4.69, 9.17) is 15.2 Å². The van der Waals surface area contributed by atoms with Crippen LogP contribution in [0.3, 0.4) is 0 Å². The second kappa shape index (κ2) is 10.0. The molecule has 0 spiro atoms. The number of nitrogens with one attached hydrogen (secondary N) is 1. The summed E-state index contributed by atoms with van der Waals surface area (Å²) in [5.41, 5.74) is 6.46. The summed E-state index contributed by atoms with van der Waals surface area (Å²) < 4.78 is 12.9. The van der Waals surface area contributed by atoms with Gasteiger partial charge < -0.3 is 25.1 Å². The van der Waals surface area contributed by atoms with Crippen LogP contribution in [0, 0.1) is 5.92 Å². The van der Waals surface area contributed by atoms with Gasteiger partial charge in [0.2, 0.25) is 0 Å². The number of aromatic nitrogens is 3. The maximum atomic E-state index is 12.2. The Morgan fingerprint density at radius 2 is 2.10 bits per heavy atom. The third kappa shape index (κ3) is 5.24. The van der Waals surface area contributed by atoms with Crippen molar-refractivity contribution in [1.82, 2.24) is 20.1 Å². The summed E-state index contributed by atoms with van der Waals surface area (Å²) in [6.45, 7) is 6.75. The third-order valence-corrected chi connectivity index (χ3v) is 4.91. The molecule has 2 atom stereocenters. The van der Waals surface area contributed by atoms with Crippen molar-refractivity contribution in [2.24, 2.45) is 11.7 Å². The van der Waals surface area contributed by atoms with E-state index < -0.39 is 11.9 Å². The van der Waals surface area contributed by atoms with Crippen LogP contribution in [-0.2, 0) is 38.6 Å². The van der Waals surface area contributed by atoms with Crippen molar-refractivity contribution in [1.29, 1.82) is 0 Å². The SMILES string of the molecule is C=C(N)C(=O)N[C@H](COCc1ccccc1)c1nnc2n1CCC(C(=O)OCC)C2. The number of benzene rings is 1. The molecular weight excluding hydrogens is 386 g/mol. The molecule has 160 valence electrons. The molecule has 0 bridgehead atoms. The molecule has 30 heavy (non-hydrogen) atoms. The van der Waals surface area contributed by atoms with Gasteiger partial charge in [-0.2, -0.15) is 0 Å². The van der Waals surface area contributed by atoms with Crippen molar-refractivity contribution in [3.63, 3.8) is 0 Å². The second-order valence-corrected chi connectivity index (χ2v) is 7.12. The lowest BCUT2D eigenvalue weighted by atomic mass is 9.98. The van der Waals surface area contributed by atoms with Crippen LogP contribution in [0.5, 0.6) is 0 Å². The normalized spacial score (nSPS) is 16.4. The van der Waals surface area contributed by atoms with Crippen molar-refractivity contribution < 1.29 is 19.1 Å². The van der Waals surface area contributed by atoms with Crippen molar-refractivity contribution in [3.8, 4) is 0 Å². The van der Waals surface area contributed by atoms with Gasteiger partial charge >= 0.3 is 5.97 Å². The monoisotopic (exact) mass is 413 g/mol. The van der Waals surface area contributed by atoms with Crippen LogP contribution in [0.4, 0.5) is 0 Å². The van der Waals surface area contributed by atoms with Crippen LogP contribution in [0.25, 0.3) is 0 Å². The number of nitrogens with two attached hydrogens (primary N) is 1. The Kier molecular flexibility index (Phi) is 7.18. The van der Waals surface area contributed by atoms with E-state index in [9.17, 15) is 9.59 Å². The molecule has 1 amide bonds. The molecule has 2 aromatic rings. The zero-order valence-corrected chi connectivity index (χ0v) is 17.0. The quantitative estimate of drug-likeness (QED) is 0.469. The van der Waals surface area contributed by atoms with Gasteiger partial charge in [0.1, 0.15) is 11.9 Å². The number of carbonyl (C=O) groups is 2. The van der Waals surface area contributed by atoms with Crippen LogP contribution in [0.15, 0.2) is 42.6 Å². The Balaban J connectivity index is 1.73. The predicted molar refractivity (Wildman–Crippen MR) is 109 cm³/mol. The minimum absolute atomic E-state index is 0.0937. The maximum absolute atomic E-state index is 12.2. The highest BCUT2D eigenvalue weighted by Crippen LogP contribution is 2.24. The van der Waals surface area contributed by atoms with Crippen LogP contribution < -0.4 is 11.1 Å². The molecule has 0 aliphatic carbocycles. The lowest BCUT2D eigenvalue weighted by Crippen LogP contribution is -2.37. The predicted octanol–water partition coefficient (Wildman–Crippen LogP) is 1.25. The zero-order valence-electron chi connectivity index (χ0n) is 17.0. The van der Waals surface area contributed by atoms with E-state index >= 15 is 0 Å². The molecule has 0 saturated heterocycles. The van der Waals surface area contributed by atoms with E-state index in [-0.39, 0.29) is 24.2 Å². The minimum Gasteiger partial charge on any atom is -0.466 e. The van der Waals surface area contributed by atoms with E-state index in [0.717, 1.165) is 5.56 Å². The third-order valence-electron chi connectivity index (χ3n) is 4.91. The van der Waals surface area contributed by atoms with Crippen LogP contribution in [0.2, 0.25) is 0 Å². The first kappa shape index (κ1) is 21.5. The maximum Gasteiger partial charge on any atom is 0.309 e. The van der Waals surface area contributed by atoms with Gasteiger partial charge in [-0.05, 0) is 18.9 Å². The molecule has 9 nitrogen and oxygen atoms in total. The topological polar surface area (TPSA) is 121 Å². The van der Waals surface area contributed by atoms with E-state index in [1.165, 1.54) is 0 Å². The largest absolute Gasteiger partial charge is 0.466 e. The fourth-order valence-electron chi connectivity index (χ4n) is 3.37. The summed E-state index contributed by atoms with van der Waals surface area (Å²) in [5.74, 6) is 0.309. The molecule has 3 N–H and O–H groups in total. The Labute approximate surface area is 175 Å². The van der Waals surface area contributed by atoms with E-state index in [1.54, 1.807) is 6.92 Å². The first-order valence-corrected chi connectivity index (χ1v) is 9.95. The molecule has 1 aliphatic heterocycles. The standard InChI is InChI=1S/C21H27N5O4/c1-3-30-21(28)16-9-10-26-18(11-16)24-25-19(26)17(23-20(27)14(2)22)13-29-12-15-7-5-4-6-8-15/h4-8,16-17H,2-3,9-13,22H2,1H3,(H,23,27)/t16?,17-/m1/s1. The summed E-state index contributed by atoms with van der Waals surface area (Å²) in [5, 5.41) is 11.3. The Bertz CT molecular complexity index is 896. The lowest BCUT2D eigenvalue weighted by Gasteiger charge is -2.25. The Morgan fingerprint density at radius 3 is 2.80 bits per heavy atom. The number of fused-ring (bicyclic) bond motifs is 1. The molecule has 1 aliphatic rings. The number of amides is 1. The first-order valence-electron chi connectivity index (χ1n) is 9.95. The first-order chi connectivity index (χ1) is 14.5. The van der Waals surface area contributed by atoms with Crippen molar-refractivity contribution in [2.75, 3.05) is 13.2 Å². The molecule has 1 aromatic carbocycles. The summed E-state index contributed by atoms with van der Waals surface area (Å²) >= 11 is 0. The Hall–Kier alpha value is -3.20. The fourth-order valence-corrected chi connectivity index (χ4v) is 3.37. The molecule has 1 aromatic heterocycles. The second-order valence-electron chi connectivity index (χ2n) is 7.12. The van der Waals surface area contributed by atoms with Gasteiger partial charge in [0.05, 0.1) is 31.4 Å². The minimum atomic E-state index is -0.554. The summed E-state index contributed by atoms with van der Waals surface area (Å²) in [4.78, 5) is 24.2. The number of hydrogen-bond donors (Lipinski definition) is 2. The van der Waals surface area contributed by atoms with Gasteiger partial charge in [0.25, 0.3) is 5.91 Å². The highest BCUT2D eigenvalue weighted by atomic mass is 16.5. The Morgan fingerprint density at radius 1 is 1.33 bits per heavy atom. The van der Waals surface area contributed by atoms with Crippen molar-refractivity contribution >= 4 is 11.9 Å². The van der Waals surface area contributed by atoms with Crippen molar-refractivity contribution in [3.05, 3.63) is 59.8 Å². The van der Waals surface area contributed by atoms with Crippen LogP contribution >= 0.6 is 0 Å². The highest BCUT2D eigenvalue weighted by Gasteiger charge is 2.31. The van der Waals surface area contributed by atoms with Crippen LogP contribution in [0.1, 0.15) is 36.6 Å². The number of carbonyl (C=O) groups excluding carboxylic acids is 2. The van der Waals surface area contributed by atoms with E-state index in [0.29, 0.717) is 44.2 Å². The number of rotatable bonds is 9. The summed E-state index contributed by atoms with van der Waals surface area (Å²) in [6, 6.07) is 9.18. The van der Waals surface area contributed by atoms with Gasteiger partial charge in [0.15, 0.2) is 5.82 Å².